The summed E-state index contributed by atoms with van der Waals surface area (Å²) in [6.45, 7) is 0.770. The fourth-order valence-corrected chi connectivity index (χ4v) is 3.81. The molecule has 2 amide bonds. The molecule has 4 N–H and O–H groups in total. The third-order valence-electron chi connectivity index (χ3n) is 5.23. The fraction of sp³-hybridized carbons (Fsp3) is 0.550. The Morgan fingerprint density at radius 3 is 2.68 bits per heavy atom. The van der Waals surface area contributed by atoms with Crippen molar-refractivity contribution >= 4 is 47.4 Å². The second-order valence-corrected chi connectivity index (χ2v) is 7.25. The highest BCUT2D eigenvalue weighted by Gasteiger charge is 2.24. The zero-order valence-electron chi connectivity index (χ0n) is 16.3. The molecule has 3 rings (SSSR count). The van der Waals surface area contributed by atoms with Gasteiger partial charge in [0, 0.05) is 37.7 Å². The summed E-state index contributed by atoms with van der Waals surface area (Å²) in [5.41, 5.74) is 1.99. The highest BCUT2D eigenvalue weighted by Crippen LogP contribution is 2.31. The fourth-order valence-electron chi connectivity index (χ4n) is 3.81. The summed E-state index contributed by atoms with van der Waals surface area (Å²) in [4.78, 5) is 28.2. The number of hydrogen-bond acceptors (Lipinski definition) is 3. The molecule has 1 atom stereocenters. The number of benzene rings is 1. The molecule has 154 valence electrons. The van der Waals surface area contributed by atoms with E-state index in [4.69, 9.17) is 0 Å². The number of nitrogens with one attached hydrogen (secondary N) is 4. The van der Waals surface area contributed by atoms with Crippen molar-refractivity contribution in [1.82, 2.24) is 16.0 Å². The van der Waals surface area contributed by atoms with Gasteiger partial charge < -0.3 is 21.3 Å². The number of carbonyl (C=O) groups is 2. The van der Waals surface area contributed by atoms with E-state index in [9.17, 15) is 9.59 Å². The van der Waals surface area contributed by atoms with E-state index in [2.05, 4.69) is 26.3 Å². The monoisotopic (exact) mass is 499 g/mol. The molecule has 1 heterocycles. The van der Waals surface area contributed by atoms with Gasteiger partial charge in [0.2, 0.25) is 11.8 Å². The van der Waals surface area contributed by atoms with Gasteiger partial charge in [0.25, 0.3) is 0 Å². The molecule has 0 saturated heterocycles. The van der Waals surface area contributed by atoms with Gasteiger partial charge in [-0.3, -0.25) is 14.6 Å². The van der Waals surface area contributed by atoms with E-state index in [1.165, 1.54) is 19.3 Å². The number of aliphatic imine (C=N–C) groups is 1. The maximum atomic E-state index is 12.1. The summed E-state index contributed by atoms with van der Waals surface area (Å²) in [6, 6.07) is 8.16. The van der Waals surface area contributed by atoms with Crippen molar-refractivity contribution in [1.29, 1.82) is 0 Å². The Morgan fingerprint density at radius 1 is 1.18 bits per heavy atom. The van der Waals surface area contributed by atoms with Crippen LogP contribution in [0.15, 0.2) is 29.3 Å². The summed E-state index contributed by atoms with van der Waals surface area (Å²) in [6.07, 6.45) is 6.23. The minimum atomic E-state index is -0.00719. The number of fused-ring (bicyclic) bond motifs is 1. The number of anilines is 1. The number of nitrogens with zero attached hydrogens (tertiary/aromatic N) is 1. The van der Waals surface area contributed by atoms with Crippen LogP contribution in [0.5, 0.6) is 0 Å². The minimum Gasteiger partial charge on any atom is -0.356 e. The van der Waals surface area contributed by atoms with E-state index in [1.54, 1.807) is 7.05 Å². The lowest BCUT2D eigenvalue weighted by Crippen LogP contribution is -2.47. The van der Waals surface area contributed by atoms with Gasteiger partial charge in [-0.05, 0) is 24.5 Å². The number of amides is 2. The molecule has 2 aliphatic rings. The van der Waals surface area contributed by atoms with Gasteiger partial charge in [-0.2, -0.15) is 0 Å². The highest BCUT2D eigenvalue weighted by molar-refractivity contribution is 14.0. The van der Waals surface area contributed by atoms with Crippen LogP contribution in [-0.2, 0) is 9.59 Å². The van der Waals surface area contributed by atoms with Gasteiger partial charge in [0.05, 0.1) is 6.54 Å². The van der Waals surface area contributed by atoms with Crippen LogP contribution in [0.4, 0.5) is 5.69 Å². The second kappa shape index (κ2) is 11.2. The first-order valence-electron chi connectivity index (χ1n) is 9.78. The Balaban J connectivity index is 0.00000280. The van der Waals surface area contributed by atoms with E-state index < -0.39 is 0 Å². The van der Waals surface area contributed by atoms with Gasteiger partial charge in [-0.25, -0.2) is 0 Å². The predicted molar refractivity (Wildman–Crippen MR) is 122 cm³/mol. The van der Waals surface area contributed by atoms with Crippen LogP contribution in [0.3, 0.4) is 0 Å². The number of halogens is 1. The smallest absolute Gasteiger partial charge is 0.239 e. The average molecular weight is 499 g/mol. The van der Waals surface area contributed by atoms with E-state index in [0.717, 1.165) is 24.1 Å². The number of hydrogen-bond donors (Lipinski definition) is 4. The molecule has 1 saturated carbocycles. The van der Waals surface area contributed by atoms with Crippen LogP contribution < -0.4 is 21.3 Å². The number of guanidine groups is 1. The molecule has 0 spiro atoms. The molecule has 0 radical (unpaired) electrons. The Labute approximate surface area is 183 Å². The first kappa shape index (κ1) is 22.4. The van der Waals surface area contributed by atoms with Crippen LogP contribution >= 0.6 is 24.0 Å². The Kier molecular flexibility index (Phi) is 9.01. The second-order valence-electron chi connectivity index (χ2n) is 7.25. The van der Waals surface area contributed by atoms with Crippen molar-refractivity contribution in [3.63, 3.8) is 0 Å². The third-order valence-corrected chi connectivity index (χ3v) is 5.23. The normalized spacial score (nSPS) is 19.7. The molecule has 1 aromatic carbocycles. The van der Waals surface area contributed by atoms with Gasteiger partial charge in [-0.1, -0.05) is 37.5 Å². The Hall–Kier alpha value is -1.84. The predicted octanol–water partition coefficient (Wildman–Crippen LogP) is 2.34. The minimum absolute atomic E-state index is 0. The molecule has 0 aromatic heterocycles. The van der Waals surface area contributed by atoms with Gasteiger partial charge in [-0.15, -0.1) is 24.0 Å². The van der Waals surface area contributed by atoms with E-state index in [1.807, 2.05) is 24.3 Å². The molecular weight excluding hydrogens is 469 g/mol. The summed E-state index contributed by atoms with van der Waals surface area (Å²) in [7, 11) is 1.68. The lowest BCUT2D eigenvalue weighted by atomic mass is 9.90. The van der Waals surface area contributed by atoms with E-state index >= 15 is 0 Å². The van der Waals surface area contributed by atoms with Crippen LogP contribution in [0, 0.1) is 0 Å². The van der Waals surface area contributed by atoms with Crippen molar-refractivity contribution in [3.8, 4) is 0 Å². The van der Waals surface area contributed by atoms with Crippen LogP contribution in [0.1, 0.15) is 50.0 Å². The molecule has 1 aliphatic heterocycles. The molecular formula is C20H30IN5O2. The van der Waals surface area contributed by atoms with Crippen molar-refractivity contribution in [2.75, 3.05) is 25.5 Å². The van der Waals surface area contributed by atoms with Crippen molar-refractivity contribution in [2.45, 2.75) is 50.5 Å². The molecule has 28 heavy (non-hydrogen) atoms. The summed E-state index contributed by atoms with van der Waals surface area (Å²) in [5, 5.41) is 12.3. The third kappa shape index (κ3) is 6.35. The quantitative estimate of drug-likeness (QED) is 0.284. The largest absolute Gasteiger partial charge is 0.356 e. The van der Waals surface area contributed by atoms with Crippen molar-refractivity contribution in [2.24, 2.45) is 4.99 Å². The standard InChI is InChI=1S/C20H29N5O2.HI/c1-21-20(23-13-19(27)24-15-7-3-2-4-8-15)22-12-14-11-18(26)25-17-10-6-5-9-16(14)17;/h5-6,9-10,14-15H,2-4,7-8,11-13H2,1H3,(H,24,27)(H,25,26)(H2,21,22,23);1H. The highest BCUT2D eigenvalue weighted by atomic mass is 127. The van der Waals surface area contributed by atoms with E-state index in [-0.39, 0.29) is 48.3 Å². The topological polar surface area (TPSA) is 94.6 Å². The zero-order valence-corrected chi connectivity index (χ0v) is 18.6. The van der Waals surface area contributed by atoms with Crippen LogP contribution in [0.25, 0.3) is 0 Å². The van der Waals surface area contributed by atoms with Crippen LogP contribution in [0.2, 0.25) is 0 Å². The van der Waals surface area contributed by atoms with Gasteiger partial charge in [0.15, 0.2) is 5.96 Å². The van der Waals surface area contributed by atoms with Crippen molar-refractivity contribution in [3.05, 3.63) is 29.8 Å². The lowest BCUT2D eigenvalue weighted by Gasteiger charge is -2.26. The molecule has 1 fully saturated rings. The number of carbonyl (C=O) groups excluding carboxylic acids is 2. The molecule has 0 bridgehead atoms. The van der Waals surface area contributed by atoms with Crippen LogP contribution in [-0.4, -0.2) is 44.0 Å². The molecule has 1 aromatic rings. The summed E-state index contributed by atoms with van der Waals surface area (Å²) in [5.74, 6) is 0.657. The van der Waals surface area contributed by atoms with E-state index in [0.29, 0.717) is 25.0 Å². The maximum absolute atomic E-state index is 12.1. The number of para-hydroxylation sites is 1. The first-order valence-corrected chi connectivity index (χ1v) is 9.78. The lowest BCUT2D eigenvalue weighted by molar-refractivity contribution is -0.121. The molecule has 1 aliphatic carbocycles. The summed E-state index contributed by atoms with van der Waals surface area (Å²) < 4.78 is 0. The van der Waals surface area contributed by atoms with Crippen molar-refractivity contribution < 1.29 is 9.59 Å². The SMILES string of the molecule is CN=C(NCC(=O)NC1CCCCC1)NCC1CC(=O)Nc2ccccc21.I. The maximum Gasteiger partial charge on any atom is 0.239 e. The first-order chi connectivity index (χ1) is 13.2. The number of rotatable bonds is 5. The Bertz CT molecular complexity index is 704. The molecule has 8 heteroatoms. The van der Waals surface area contributed by atoms with Gasteiger partial charge in [0.1, 0.15) is 0 Å². The summed E-state index contributed by atoms with van der Waals surface area (Å²) >= 11 is 0. The molecule has 1 unspecified atom stereocenters. The Morgan fingerprint density at radius 2 is 1.93 bits per heavy atom. The average Bonchev–Trinajstić information content (AvgIpc) is 2.68. The zero-order chi connectivity index (χ0) is 19.1. The van der Waals surface area contributed by atoms with Gasteiger partial charge >= 0.3 is 0 Å². The molecule has 7 nitrogen and oxygen atoms in total.